The van der Waals surface area contributed by atoms with Crippen LogP contribution in [0.4, 0.5) is 0 Å². The van der Waals surface area contributed by atoms with Gasteiger partial charge in [0.25, 0.3) is 0 Å². The van der Waals surface area contributed by atoms with Crippen LogP contribution in [-0.2, 0) is 30.9 Å². The monoisotopic (exact) mass is 443 g/mol. The van der Waals surface area contributed by atoms with Crippen LogP contribution in [0.3, 0.4) is 0 Å². The first kappa shape index (κ1) is 20.4. The number of hydrogen-bond donors (Lipinski definition) is 0. The van der Waals surface area contributed by atoms with Crippen molar-refractivity contribution in [3.8, 4) is 0 Å². The van der Waals surface area contributed by atoms with Crippen molar-refractivity contribution in [2.45, 2.75) is 36.1 Å². The van der Waals surface area contributed by atoms with Crippen molar-refractivity contribution < 1.29 is 62.0 Å². The maximum atomic E-state index is 12.5. The molecular weight excluding hydrogens is 433 g/mol. The molecule has 2 fully saturated rings. The Morgan fingerprint density at radius 1 is 1.68 bits per heavy atom. The molecule has 0 bridgehead atoms. The zero-order valence-corrected chi connectivity index (χ0v) is 17.6. The molecule has 130 valence electrons. The van der Waals surface area contributed by atoms with Crippen LogP contribution in [0.2, 0.25) is 0 Å². The fraction of sp³-hybridized carbons (Fsp3) is 0.500. The second-order valence-corrected chi connectivity index (χ2v) is 8.86. The van der Waals surface area contributed by atoms with E-state index in [1.807, 2.05) is 0 Å². The molecule has 0 spiro atoms. The third-order valence-electron chi connectivity index (χ3n) is 4.08. The minimum absolute atomic E-state index is 0. The number of hydrogen-bond acceptors (Lipinski definition) is 9. The Morgan fingerprint density at radius 2 is 2.36 bits per heavy atom. The molecule has 3 heterocycles. The molecule has 0 saturated carbocycles. The van der Waals surface area contributed by atoms with Crippen LogP contribution in [0.1, 0.15) is 19.1 Å². The van der Waals surface area contributed by atoms with E-state index in [1.54, 1.807) is 0 Å². The van der Waals surface area contributed by atoms with Crippen molar-refractivity contribution in [2.24, 2.45) is 5.16 Å². The summed E-state index contributed by atoms with van der Waals surface area (Å²) in [6, 6.07) is -0.126. The Kier molecular flexibility index (Phi) is 5.69. The van der Waals surface area contributed by atoms with E-state index in [4.69, 9.17) is 9.36 Å². The number of sulfone groups is 1. The predicted octanol–water partition coefficient (Wildman–Crippen LogP) is -4.19. The number of amides is 1. The second-order valence-electron chi connectivity index (χ2n) is 5.53. The largest absolute Gasteiger partial charge is 1.00 e. The van der Waals surface area contributed by atoms with E-state index in [2.05, 4.69) is 26.2 Å². The zero-order valence-electron chi connectivity index (χ0n) is 13.2. The summed E-state index contributed by atoms with van der Waals surface area (Å²) in [7, 11) is -3.98. The summed E-state index contributed by atoms with van der Waals surface area (Å²) in [5, 5.41) is 17.3. The average molecular weight is 444 g/mol. The van der Waals surface area contributed by atoms with Gasteiger partial charge < -0.3 is 24.2 Å². The molecule has 0 aromatic carbocycles. The van der Waals surface area contributed by atoms with E-state index in [9.17, 15) is 23.1 Å². The average Bonchev–Trinajstić information content (AvgIpc) is 2.95. The van der Waals surface area contributed by atoms with Crippen molar-refractivity contribution in [1.82, 2.24) is 10.1 Å². The third kappa shape index (κ3) is 3.14. The van der Waals surface area contributed by atoms with Crippen LogP contribution in [0.5, 0.6) is 0 Å². The summed E-state index contributed by atoms with van der Waals surface area (Å²) < 4.78 is 28.4. The number of carboxylic acids is 1. The molecule has 13 heteroatoms. The summed E-state index contributed by atoms with van der Waals surface area (Å²) in [6.45, 7) is 1.04. The van der Waals surface area contributed by atoms with Gasteiger partial charge in [-0.15, -0.1) is 0 Å². The molecule has 0 unspecified atom stereocenters. The SMILES string of the molecule is C[C@]1(/C=N\OCc2cc(Br)no2)[C@H](C(=O)[O-])N2C(=O)C[C@H]2S1(=O)=O.[Na+]. The first-order valence-electron chi connectivity index (χ1n) is 6.71. The van der Waals surface area contributed by atoms with Crippen molar-refractivity contribution >= 4 is 43.9 Å². The maximum Gasteiger partial charge on any atom is 1.00 e. The summed E-state index contributed by atoms with van der Waals surface area (Å²) in [4.78, 5) is 28.7. The van der Waals surface area contributed by atoms with Crippen LogP contribution in [0.25, 0.3) is 0 Å². The normalized spacial score (nSPS) is 29.8. The van der Waals surface area contributed by atoms with Crippen molar-refractivity contribution in [1.29, 1.82) is 0 Å². The van der Waals surface area contributed by atoms with Gasteiger partial charge in [-0.2, -0.15) is 0 Å². The minimum atomic E-state index is -3.98. The van der Waals surface area contributed by atoms with Gasteiger partial charge in [0.05, 0.1) is 24.6 Å². The molecule has 0 N–H and O–H groups in total. The van der Waals surface area contributed by atoms with Gasteiger partial charge in [0.1, 0.15) is 14.7 Å². The van der Waals surface area contributed by atoms with Crippen LogP contribution in [0, 0.1) is 0 Å². The minimum Gasteiger partial charge on any atom is -0.548 e. The Hall–Kier alpha value is -0.950. The van der Waals surface area contributed by atoms with Gasteiger partial charge in [-0.25, -0.2) is 8.42 Å². The van der Waals surface area contributed by atoms with Gasteiger partial charge in [0.2, 0.25) is 5.91 Å². The van der Waals surface area contributed by atoms with Gasteiger partial charge in [-0.1, -0.05) is 10.3 Å². The van der Waals surface area contributed by atoms with E-state index < -0.39 is 37.9 Å². The first-order valence-corrected chi connectivity index (χ1v) is 9.05. The number of halogens is 1. The Balaban J connectivity index is 0.00000225. The Bertz CT molecular complexity index is 842. The van der Waals surface area contributed by atoms with Gasteiger partial charge >= 0.3 is 29.6 Å². The fourth-order valence-electron chi connectivity index (χ4n) is 2.79. The van der Waals surface area contributed by atoms with E-state index >= 15 is 0 Å². The second kappa shape index (κ2) is 6.99. The van der Waals surface area contributed by atoms with Gasteiger partial charge in [-0.05, 0) is 22.9 Å². The number of rotatable bonds is 5. The van der Waals surface area contributed by atoms with E-state index in [-0.39, 0.29) is 42.6 Å². The smallest absolute Gasteiger partial charge is 0.548 e. The number of carbonyl (C=O) groups is 2. The molecule has 0 radical (unpaired) electrons. The molecule has 1 amide bonds. The summed E-state index contributed by atoms with van der Waals surface area (Å²) >= 11 is 3.08. The number of carbonyl (C=O) groups excluding carboxylic acids is 2. The number of fused-ring (bicyclic) bond motifs is 1. The molecule has 2 saturated heterocycles. The molecule has 0 aliphatic carbocycles. The van der Waals surface area contributed by atoms with Crippen LogP contribution in [0.15, 0.2) is 20.3 Å². The number of nitrogens with zero attached hydrogens (tertiary/aromatic N) is 3. The number of oxime groups is 1. The van der Waals surface area contributed by atoms with Crippen molar-refractivity contribution in [3.63, 3.8) is 0 Å². The standard InChI is InChI=1S/C12H12BrN3O7S.Na/c1-12(5-14-22-4-6-2-7(13)15-23-6)10(11(18)19)16-8(17)3-9(16)24(12,20)21;/h2,5,9-10H,3-4H2,1H3,(H,18,19);/q;+1/p-1/b14-5-;/t9-,10+,12+;/m1./s1. The molecule has 2 aliphatic heterocycles. The predicted molar refractivity (Wildman–Crippen MR) is 78.9 cm³/mol. The van der Waals surface area contributed by atoms with Crippen LogP contribution >= 0.6 is 15.9 Å². The van der Waals surface area contributed by atoms with Gasteiger partial charge in [0, 0.05) is 6.07 Å². The molecule has 3 atom stereocenters. The molecular formula is C12H11BrN3NaO7S. The topological polar surface area (TPSA) is 142 Å². The summed E-state index contributed by atoms with van der Waals surface area (Å²) in [5.41, 5.74) is 0. The van der Waals surface area contributed by atoms with E-state index in [1.165, 1.54) is 13.0 Å². The Morgan fingerprint density at radius 3 is 2.88 bits per heavy atom. The number of β-lactam (4-membered cyclic amide) rings is 1. The zero-order chi connectivity index (χ0) is 17.7. The fourth-order valence-corrected chi connectivity index (χ4v) is 5.31. The first-order chi connectivity index (χ1) is 11.2. The summed E-state index contributed by atoms with van der Waals surface area (Å²) in [5.74, 6) is -1.89. The molecule has 10 nitrogen and oxygen atoms in total. The quantitative estimate of drug-likeness (QED) is 0.193. The molecule has 1 aromatic rings. The molecule has 1 aromatic heterocycles. The molecule has 2 aliphatic rings. The number of carboxylic acid groups (broad SMARTS) is 1. The molecule has 3 rings (SSSR count). The Labute approximate surface area is 172 Å². The van der Waals surface area contributed by atoms with Crippen LogP contribution in [-0.4, -0.2) is 52.7 Å². The maximum absolute atomic E-state index is 12.5. The van der Waals surface area contributed by atoms with E-state index in [0.717, 1.165) is 11.1 Å². The number of aliphatic carboxylic acids is 1. The number of aromatic nitrogens is 1. The van der Waals surface area contributed by atoms with Crippen molar-refractivity contribution in [2.75, 3.05) is 0 Å². The van der Waals surface area contributed by atoms with Crippen LogP contribution < -0.4 is 34.7 Å². The third-order valence-corrected chi connectivity index (χ3v) is 7.12. The van der Waals surface area contributed by atoms with Gasteiger partial charge in [0.15, 0.2) is 22.2 Å². The van der Waals surface area contributed by atoms with Gasteiger partial charge in [-0.3, -0.25) is 4.79 Å². The molecule has 25 heavy (non-hydrogen) atoms. The van der Waals surface area contributed by atoms with Crippen molar-refractivity contribution in [3.05, 3.63) is 16.4 Å². The van der Waals surface area contributed by atoms with E-state index in [0.29, 0.717) is 10.4 Å². The summed E-state index contributed by atoms with van der Waals surface area (Å²) in [6.07, 6.45) is 0.627.